The lowest BCUT2D eigenvalue weighted by molar-refractivity contribution is -0.197. The Labute approximate surface area is 158 Å². The van der Waals surface area contributed by atoms with Crippen LogP contribution in [0, 0.1) is 0 Å². The van der Waals surface area contributed by atoms with Gasteiger partial charge in [-0.05, 0) is 45.4 Å². The van der Waals surface area contributed by atoms with Crippen LogP contribution in [0.25, 0.3) is 0 Å². The Kier molecular flexibility index (Phi) is 7.91. The van der Waals surface area contributed by atoms with Crippen LogP contribution in [0.5, 0.6) is 11.5 Å². The summed E-state index contributed by atoms with van der Waals surface area (Å²) in [5.41, 5.74) is 0.979. The Hall–Kier alpha value is -1.12. The average Bonchev–Trinajstić information content (AvgIpc) is 2.61. The van der Waals surface area contributed by atoms with Crippen LogP contribution in [0.2, 0.25) is 0 Å². The molecule has 0 aliphatic carbocycles. The lowest BCUT2D eigenvalue weighted by Gasteiger charge is -2.35. The highest BCUT2D eigenvalue weighted by molar-refractivity contribution is 6.60. The van der Waals surface area contributed by atoms with E-state index in [0.29, 0.717) is 26.4 Å². The van der Waals surface area contributed by atoms with E-state index in [4.69, 9.17) is 27.5 Å². The molecule has 0 saturated heterocycles. The van der Waals surface area contributed by atoms with Crippen molar-refractivity contribution < 1.29 is 27.5 Å². The third-order valence-corrected chi connectivity index (χ3v) is 6.79. The Balaban J connectivity index is 2.06. The van der Waals surface area contributed by atoms with Crippen LogP contribution >= 0.6 is 0 Å². The SMILES string of the molecule is CCCC1(C)OCc2cc(OC[Si](OCC)(OCC)OCC)ccc2O1. The molecule has 1 aliphatic rings. The van der Waals surface area contributed by atoms with Gasteiger partial charge in [-0.3, -0.25) is 0 Å². The zero-order chi connectivity index (χ0) is 19.0. The first-order valence-corrected chi connectivity index (χ1v) is 11.4. The van der Waals surface area contributed by atoms with Crippen LogP contribution < -0.4 is 9.47 Å². The molecule has 0 fully saturated rings. The topological polar surface area (TPSA) is 55.4 Å². The number of ether oxygens (including phenoxy) is 3. The van der Waals surface area contributed by atoms with Crippen molar-refractivity contribution >= 4 is 8.80 Å². The molecule has 1 aromatic carbocycles. The predicted molar refractivity (Wildman–Crippen MR) is 101 cm³/mol. The zero-order valence-electron chi connectivity index (χ0n) is 16.6. The van der Waals surface area contributed by atoms with E-state index in [1.807, 2.05) is 45.9 Å². The van der Waals surface area contributed by atoms with Gasteiger partial charge < -0.3 is 27.5 Å². The monoisotopic (exact) mass is 384 g/mol. The standard InChI is InChI=1S/C19H32O6Si/c1-6-12-19(5)21-14-16-13-17(10-11-18(16)25-19)20-15-26(22-7-2,23-8-3)24-9-4/h10-11,13H,6-9,12,14-15H2,1-5H3. The van der Waals surface area contributed by atoms with Crippen molar-refractivity contribution in [3.8, 4) is 11.5 Å². The third kappa shape index (κ3) is 5.44. The fourth-order valence-electron chi connectivity index (χ4n) is 3.01. The molecule has 26 heavy (non-hydrogen) atoms. The molecule has 1 unspecified atom stereocenters. The predicted octanol–water partition coefficient (Wildman–Crippen LogP) is 4.08. The quantitative estimate of drug-likeness (QED) is 0.536. The fourth-order valence-corrected chi connectivity index (χ4v) is 5.17. The van der Waals surface area contributed by atoms with Crippen LogP contribution in [0.1, 0.15) is 53.0 Å². The van der Waals surface area contributed by atoms with Crippen molar-refractivity contribution in [2.45, 2.75) is 59.9 Å². The fraction of sp³-hybridized carbons (Fsp3) is 0.684. The second-order valence-corrected chi connectivity index (χ2v) is 8.84. The molecule has 0 bridgehead atoms. The van der Waals surface area contributed by atoms with Gasteiger partial charge in [0.05, 0.1) is 6.61 Å². The second-order valence-electron chi connectivity index (χ2n) is 6.31. The van der Waals surface area contributed by atoms with Crippen molar-refractivity contribution in [1.82, 2.24) is 0 Å². The van der Waals surface area contributed by atoms with Gasteiger partial charge in [-0.25, -0.2) is 0 Å². The average molecular weight is 385 g/mol. The van der Waals surface area contributed by atoms with Crippen molar-refractivity contribution in [3.05, 3.63) is 23.8 Å². The normalized spacial score (nSPS) is 19.7. The summed E-state index contributed by atoms with van der Waals surface area (Å²) in [6.45, 7) is 12.0. The summed E-state index contributed by atoms with van der Waals surface area (Å²) in [6, 6.07) is 5.79. The summed E-state index contributed by atoms with van der Waals surface area (Å²) in [6.07, 6.45) is 2.14. The van der Waals surface area contributed by atoms with E-state index in [1.165, 1.54) is 0 Å². The molecule has 1 aromatic rings. The minimum atomic E-state index is -2.83. The van der Waals surface area contributed by atoms with Gasteiger partial charge in [-0.15, -0.1) is 0 Å². The summed E-state index contributed by atoms with van der Waals surface area (Å²) >= 11 is 0. The lowest BCUT2D eigenvalue weighted by Crippen LogP contribution is -2.51. The minimum Gasteiger partial charge on any atom is -0.489 e. The maximum absolute atomic E-state index is 6.03. The van der Waals surface area contributed by atoms with Gasteiger partial charge in [-0.2, -0.15) is 0 Å². The molecule has 148 valence electrons. The van der Waals surface area contributed by atoms with E-state index in [0.717, 1.165) is 29.9 Å². The Bertz CT molecular complexity index is 550. The number of rotatable bonds is 11. The molecule has 7 heteroatoms. The number of fused-ring (bicyclic) bond motifs is 1. The Morgan fingerprint density at radius 2 is 1.69 bits per heavy atom. The van der Waals surface area contributed by atoms with Gasteiger partial charge in [-0.1, -0.05) is 6.92 Å². The molecule has 1 atom stereocenters. The van der Waals surface area contributed by atoms with Crippen LogP contribution in [0.15, 0.2) is 18.2 Å². The molecule has 0 amide bonds. The molecule has 0 saturated carbocycles. The molecule has 0 aromatic heterocycles. The summed E-state index contributed by atoms with van der Waals surface area (Å²) in [5, 5.41) is 0. The number of benzene rings is 1. The third-order valence-electron chi connectivity index (χ3n) is 4.10. The van der Waals surface area contributed by atoms with E-state index < -0.39 is 14.6 Å². The van der Waals surface area contributed by atoms with Gasteiger partial charge in [0, 0.05) is 38.7 Å². The first kappa shape index (κ1) is 21.2. The van der Waals surface area contributed by atoms with E-state index in [1.54, 1.807) is 0 Å². The molecule has 1 aliphatic heterocycles. The Morgan fingerprint density at radius 3 is 2.27 bits per heavy atom. The smallest absolute Gasteiger partial charge is 0.489 e. The van der Waals surface area contributed by atoms with Gasteiger partial charge in [0.1, 0.15) is 11.5 Å². The van der Waals surface area contributed by atoms with Crippen LogP contribution in [0.3, 0.4) is 0 Å². The van der Waals surface area contributed by atoms with E-state index >= 15 is 0 Å². The maximum atomic E-state index is 6.03. The van der Waals surface area contributed by atoms with Crippen LogP contribution in [-0.4, -0.2) is 40.6 Å². The molecule has 0 N–H and O–H groups in total. The largest absolute Gasteiger partial charge is 0.540 e. The molecular formula is C19H32O6Si. The first-order valence-electron chi connectivity index (χ1n) is 9.50. The molecule has 0 spiro atoms. The van der Waals surface area contributed by atoms with Crippen molar-refractivity contribution in [2.24, 2.45) is 0 Å². The molecule has 1 heterocycles. The number of hydrogen-bond donors (Lipinski definition) is 0. The minimum absolute atomic E-state index is 0.274. The van der Waals surface area contributed by atoms with Gasteiger partial charge in [0.25, 0.3) is 0 Å². The highest BCUT2D eigenvalue weighted by atomic mass is 28.4. The van der Waals surface area contributed by atoms with Crippen molar-refractivity contribution in [2.75, 3.05) is 26.1 Å². The first-order chi connectivity index (χ1) is 12.5. The van der Waals surface area contributed by atoms with Crippen molar-refractivity contribution in [1.29, 1.82) is 0 Å². The van der Waals surface area contributed by atoms with Gasteiger partial charge >= 0.3 is 8.80 Å². The van der Waals surface area contributed by atoms with Crippen LogP contribution in [0.4, 0.5) is 0 Å². The summed E-state index contributed by atoms with van der Waals surface area (Å²) in [4.78, 5) is 0. The van der Waals surface area contributed by atoms with E-state index in [-0.39, 0.29) is 6.23 Å². The molecule has 0 radical (unpaired) electrons. The summed E-state index contributed by atoms with van der Waals surface area (Å²) < 4.78 is 35.4. The zero-order valence-corrected chi connectivity index (χ0v) is 17.6. The van der Waals surface area contributed by atoms with Crippen LogP contribution in [-0.2, 0) is 24.6 Å². The summed E-state index contributed by atoms with van der Waals surface area (Å²) in [7, 11) is -2.83. The van der Waals surface area contributed by atoms with E-state index in [9.17, 15) is 0 Å². The molecular weight excluding hydrogens is 352 g/mol. The maximum Gasteiger partial charge on any atom is 0.540 e. The van der Waals surface area contributed by atoms with Gasteiger partial charge in [0.15, 0.2) is 6.23 Å². The molecule has 6 nitrogen and oxygen atoms in total. The summed E-state index contributed by atoms with van der Waals surface area (Å²) in [5.74, 6) is 1.03. The lowest BCUT2D eigenvalue weighted by atomic mass is 10.1. The van der Waals surface area contributed by atoms with E-state index in [2.05, 4.69) is 6.92 Å². The highest BCUT2D eigenvalue weighted by Gasteiger charge is 2.42. The Morgan fingerprint density at radius 1 is 1.04 bits per heavy atom. The number of hydrogen-bond acceptors (Lipinski definition) is 6. The van der Waals surface area contributed by atoms with Gasteiger partial charge in [0.2, 0.25) is 5.79 Å². The second kappa shape index (κ2) is 9.71. The highest BCUT2D eigenvalue weighted by Crippen LogP contribution is 2.35. The molecule has 2 rings (SSSR count). The van der Waals surface area contributed by atoms with Crippen molar-refractivity contribution in [3.63, 3.8) is 0 Å².